The van der Waals surface area contributed by atoms with Gasteiger partial charge in [-0.05, 0) is 12.8 Å². The van der Waals surface area contributed by atoms with Crippen molar-refractivity contribution in [3.8, 4) is 0 Å². The summed E-state index contributed by atoms with van der Waals surface area (Å²) in [6.45, 7) is 2.71. The first-order chi connectivity index (χ1) is 14.4. The summed E-state index contributed by atoms with van der Waals surface area (Å²) in [5.41, 5.74) is 0. The molecule has 0 rings (SSSR count). The van der Waals surface area contributed by atoms with Gasteiger partial charge >= 0.3 is 0 Å². The highest BCUT2D eigenvalue weighted by Gasteiger charge is 2.36. The molecule has 0 aromatic heterocycles. The van der Waals surface area contributed by atoms with Crippen molar-refractivity contribution in [1.82, 2.24) is 4.90 Å². The normalized spacial score (nSPS) is 15.6. The Hall–Kier alpha value is -0.770. The Morgan fingerprint density at radius 3 is 1.80 bits per heavy atom. The number of carbonyl (C=O) groups is 1. The number of amides is 1. The van der Waals surface area contributed by atoms with Crippen molar-refractivity contribution in [2.45, 2.75) is 102 Å². The molecule has 180 valence electrons. The monoisotopic (exact) mass is 435 g/mol. The fourth-order valence-electron chi connectivity index (χ4n) is 3.38. The van der Waals surface area contributed by atoms with Gasteiger partial charge in [0.05, 0.1) is 6.61 Å². The molecule has 0 aliphatic heterocycles. The quantitative estimate of drug-likeness (QED) is 0.182. The number of ether oxygens (including phenoxy) is 1. The largest absolute Gasteiger partial charge is 0.394 e. The molecule has 8 nitrogen and oxygen atoms in total. The second-order valence-electron chi connectivity index (χ2n) is 8.03. The van der Waals surface area contributed by atoms with E-state index in [2.05, 4.69) is 6.92 Å². The molecule has 0 bridgehead atoms. The Kier molecular flexibility index (Phi) is 18.5. The molecule has 0 fully saturated rings. The fraction of sp³-hybridized carbons (Fsp3) is 0.955. The van der Waals surface area contributed by atoms with Crippen molar-refractivity contribution >= 4 is 5.91 Å². The van der Waals surface area contributed by atoms with Gasteiger partial charge in [-0.3, -0.25) is 4.79 Å². The number of hydrogen-bond donors (Lipinski definition) is 5. The Balaban J connectivity index is 4.39. The van der Waals surface area contributed by atoms with E-state index < -0.39 is 36.9 Å². The molecule has 0 radical (unpaired) electrons. The van der Waals surface area contributed by atoms with Crippen molar-refractivity contribution in [2.75, 3.05) is 33.4 Å². The van der Waals surface area contributed by atoms with Crippen LogP contribution >= 0.6 is 0 Å². The standard InChI is InChI=1S/C22H45NO7/c1-3-4-5-6-7-8-9-10-11-12-14-23(15-13-16-30-2)22(29)21(28)20(27)19(26)18(25)17-24/h18-21,24-28H,3-17H2,1-2H3/t18-,19-,20+,21-/m1/s1. The van der Waals surface area contributed by atoms with Gasteiger partial charge in [0.25, 0.3) is 5.91 Å². The zero-order valence-electron chi connectivity index (χ0n) is 18.9. The first-order valence-corrected chi connectivity index (χ1v) is 11.5. The maximum atomic E-state index is 12.6. The van der Waals surface area contributed by atoms with Gasteiger partial charge in [-0.1, -0.05) is 64.7 Å². The topological polar surface area (TPSA) is 131 Å². The third kappa shape index (κ3) is 12.8. The highest BCUT2D eigenvalue weighted by atomic mass is 16.5. The van der Waals surface area contributed by atoms with Gasteiger partial charge in [0.1, 0.15) is 18.3 Å². The van der Waals surface area contributed by atoms with Crippen LogP contribution in [0.25, 0.3) is 0 Å². The molecule has 4 atom stereocenters. The molecule has 5 N–H and O–H groups in total. The molecular formula is C22H45NO7. The van der Waals surface area contributed by atoms with E-state index in [1.807, 2.05) is 0 Å². The summed E-state index contributed by atoms with van der Waals surface area (Å²) in [6.07, 6.45) is 5.12. The first kappa shape index (κ1) is 29.2. The van der Waals surface area contributed by atoms with Crippen LogP contribution in [0.5, 0.6) is 0 Å². The van der Waals surface area contributed by atoms with E-state index in [1.54, 1.807) is 7.11 Å². The Morgan fingerprint density at radius 1 is 0.800 bits per heavy atom. The highest BCUT2D eigenvalue weighted by molar-refractivity contribution is 5.81. The van der Waals surface area contributed by atoms with E-state index in [0.29, 0.717) is 26.1 Å². The molecule has 30 heavy (non-hydrogen) atoms. The third-order valence-electron chi connectivity index (χ3n) is 5.38. The maximum Gasteiger partial charge on any atom is 0.254 e. The Morgan fingerprint density at radius 2 is 1.30 bits per heavy atom. The lowest BCUT2D eigenvalue weighted by Crippen LogP contribution is -2.53. The summed E-state index contributed by atoms with van der Waals surface area (Å²) in [5.74, 6) is -0.696. The smallest absolute Gasteiger partial charge is 0.254 e. The highest BCUT2D eigenvalue weighted by Crippen LogP contribution is 2.13. The van der Waals surface area contributed by atoms with Crippen LogP contribution in [0.15, 0.2) is 0 Å². The van der Waals surface area contributed by atoms with Crippen LogP contribution in [0.1, 0.15) is 77.6 Å². The fourth-order valence-corrected chi connectivity index (χ4v) is 3.38. The van der Waals surface area contributed by atoms with Crippen LogP contribution in [0.3, 0.4) is 0 Å². The molecule has 0 unspecified atom stereocenters. The van der Waals surface area contributed by atoms with E-state index in [0.717, 1.165) is 19.3 Å². The SMILES string of the molecule is CCCCCCCCCCCCN(CCCOC)C(=O)[C@H](O)[C@@H](O)[C@H](O)[C@H](O)CO. The number of methoxy groups -OCH3 is 1. The zero-order valence-corrected chi connectivity index (χ0v) is 18.9. The van der Waals surface area contributed by atoms with Crippen molar-refractivity contribution in [3.05, 3.63) is 0 Å². The average molecular weight is 436 g/mol. The predicted octanol–water partition coefficient (Wildman–Crippen LogP) is 1.21. The second kappa shape index (κ2) is 19.0. The second-order valence-corrected chi connectivity index (χ2v) is 8.03. The van der Waals surface area contributed by atoms with E-state index in [4.69, 9.17) is 9.84 Å². The van der Waals surface area contributed by atoms with Gasteiger partial charge in [0.2, 0.25) is 0 Å². The minimum absolute atomic E-state index is 0.368. The third-order valence-corrected chi connectivity index (χ3v) is 5.38. The molecule has 0 saturated heterocycles. The van der Waals surface area contributed by atoms with Gasteiger partial charge < -0.3 is 35.2 Å². The summed E-state index contributed by atoms with van der Waals surface area (Å²) in [6, 6.07) is 0. The Bertz CT molecular complexity index is 411. The summed E-state index contributed by atoms with van der Waals surface area (Å²) in [4.78, 5) is 14.1. The minimum Gasteiger partial charge on any atom is -0.394 e. The minimum atomic E-state index is -1.88. The average Bonchev–Trinajstić information content (AvgIpc) is 2.76. The molecule has 0 saturated carbocycles. The summed E-state index contributed by atoms with van der Waals surface area (Å²) < 4.78 is 5.02. The van der Waals surface area contributed by atoms with Gasteiger partial charge in [-0.2, -0.15) is 0 Å². The number of unbranched alkanes of at least 4 members (excludes halogenated alkanes) is 9. The number of aliphatic hydroxyl groups is 5. The molecular weight excluding hydrogens is 390 g/mol. The summed E-state index contributed by atoms with van der Waals surface area (Å²) in [5, 5.41) is 48.2. The van der Waals surface area contributed by atoms with Crippen LogP contribution in [-0.4, -0.2) is 94.2 Å². The molecule has 0 aromatic rings. The predicted molar refractivity (Wildman–Crippen MR) is 116 cm³/mol. The number of carbonyl (C=O) groups excluding carboxylic acids is 1. The molecule has 0 aliphatic rings. The van der Waals surface area contributed by atoms with Crippen LogP contribution < -0.4 is 0 Å². The molecule has 0 aromatic carbocycles. The van der Waals surface area contributed by atoms with E-state index in [-0.39, 0.29) is 0 Å². The Labute approximate surface area is 181 Å². The van der Waals surface area contributed by atoms with E-state index >= 15 is 0 Å². The summed E-state index contributed by atoms with van der Waals surface area (Å²) >= 11 is 0. The van der Waals surface area contributed by atoms with Crippen LogP contribution in [0, 0.1) is 0 Å². The summed E-state index contributed by atoms with van der Waals surface area (Å²) in [7, 11) is 1.57. The lowest BCUT2D eigenvalue weighted by atomic mass is 10.0. The van der Waals surface area contributed by atoms with Gasteiger partial charge in [0, 0.05) is 26.8 Å². The lowest BCUT2D eigenvalue weighted by molar-refractivity contribution is -0.158. The number of nitrogens with zero attached hydrogens (tertiary/aromatic N) is 1. The molecule has 1 amide bonds. The van der Waals surface area contributed by atoms with Gasteiger partial charge in [-0.15, -0.1) is 0 Å². The van der Waals surface area contributed by atoms with Crippen LogP contribution in [0.2, 0.25) is 0 Å². The van der Waals surface area contributed by atoms with Crippen LogP contribution in [0.4, 0.5) is 0 Å². The number of aliphatic hydroxyl groups excluding tert-OH is 5. The zero-order chi connectivity index (χ0) is 22.8. The first-order valence-electron chi connectivity index (χ1n) is 11.5. The van der Waals surface area contributed by atoms with E-state index in [1.165, 1.54) is 49.8 Å². The van der Waals surface area contributed by atoms with Crippen LogP contribution in [-0.2, 0) is 9.53 Å². The number of hydrogen-bond acceptors (Lipinski definition) is 7. The number of rotatable bonds is 20. The van der Waals surface area contributed by atoms with Crippen molar-refractivity contribution in [1.29, 1.82) is 0 Å². The molecule has 0 aliphatic carbocycles. The van der Waals surface area contributed by atoms with Crippen molar-refractivity contribution in [3.63, 3.8) is 0 Å². The van der Waals surface area contributed by atoms with Gasteiger partial charge in [0.15, 0.2) is 6.10 Å². The molecule has 0 heterocycles. The maximum absolute atomic E-state index is 12.6. The van der Waals surface area contributed by atoms with Crippen molar-refractivity contribution < 1.29 is 35.1 Å². The molecule has 8 heteroatoms. The molecule has 0 spiro atoms. The van der Waals surface area contributed by atoms with E-state index in [9.17, 15) is 25.2 Å². The van der Waals surface area contributed by atoms with Gasteiger partial charge in [-0.25, -0.2) is 0 Å². The van der Waals surface area contributed by atoms with Crippen molar-refractivity contribution in [2.24, 2.45) is 0 Å². The lowest BCUT2D eigenvalue weighted by Gasteiger charge is -2.30.